The van der Waals surface area contributed by atoms with Crippen LogP contribution in [0.3, 0.4) is 0 Å². The Hall–Kier alpha value is -2.24. The molecule has 0 saturated carbocycles. The molecule has 2 aromatic heterocycles. The van der Waals surface area contributed by atoms with E-state index in [0.29, 0.717) is 22.7 Å². The summed E-state index contributed by atoms with van der Waals surface area (Å²) in [4.78, 5) is 4.56. The van der Waals surface area contributed by atoms with Crippen molar-refractivity contribution in [3.8, 4) is 0 Å². The van der Waals surface area contributed by atoms with Crippen molar-refractivity contribution in [2.45, 2.75) is 62.5 Å². The minimum atomic E-state index is -3.96. The molecule has 2 fully saturated rings. The molecule has 3 aliphatic heterocycles. The van der Waals surface area contributed by atoms with Gasteiger partial charge in [0, 0.05) is 6.07 Å². The molecule has 9 nitrogen and oxygen atoms in total. The van der Waals surface area contributed by atoms with Gasteiger partial charge in [0.15, 0.2) is 12.0 Å². The van der Waals surface area contributed by atoms with Gasteiger partial charge < -0.3 is 18.8 Å². The largest absolute Gasteiger partial charge is 0.347 e. The van der Waals surface area contributed by atoms with Gasteiger partial charge in [0.25, 0.3) is 10.0 Å². The van der Waals surface area contributed by atoms with E-state index in [1.54, 1.807) is 35.2 Å². The zero-order chi connectivity index (χ0) is 22.4. The van der Waals surface area contributed by atoms with Crippen molar-refractivity contribution in [2.75, 3.05) is 0 Å². The predicted octanol–water partition coefficient (Wildman–Crippen LogP) is 2.52. The number of sulfonamides is 1. The normalized spacial score (nSPS) is 28.8. The fourth-order valence-electron chi connectivity index (χ4n) is 4.70. The van der Waals surface area contributed by atoms with Crippen LogP contribution in [0.1, 0.15) is 25.6 Å². The molecule has 1 aromatic carbocycles. The summed E-state index contributed by atoms with van der Waals surface area (Å²) < 4.78 is 52.4. The highest BCUT2D eigenvalue weighted by Crippen LogP contribution is 2.45. The van der Waals surface area contributed by atoms with Crippen LogP contribution >= 0.6 is 11.6 Å². The van der Waals surface area contributed by atoms with Crippen LogP contribution in [-0.2, 0) is 30.8 Å². The van der Waals surface area contributed by atoms with Gasteiger partial charge in [-0.1, -0.05) is 29.3 Å². The highest BCUT2D eigenvalue weighted by atomic mass is 35.5. The molecule has 0 aliphatic carbocycles. The van der Waals surface area contributed by atoms with Gasteiger partial charge in [0.1, 0.15) is 35.0 Å². The van der Waals surface area contributed by atoms with Crippen molar-refractivity contribution in [3.05, 3.63) is 52.7 Å². The molecule has 0 spiro atoms. The highest BCUT2D eigenvalue weighted by molar-refractivity contribution is 7.90. The monoisotopic (exact) mass is 476 g/mol. The van der Waals surface area contributed by atoms with Crippen LogP contribution in [-0.4, -0.2) is 46.6 Å². The first kappa shape index (κ1) is 20.4. The Labute approximate surface area is 189 Å². The van der Waals surface area contributed by atoms with E-state index in [1.165, 1.54) is 6.07 Å². The number of aryl methyl sites for hydroxylation is 1. The quantitative estimate of drug-likeness (QED) is 0.563. The van der Waals surface area contributed by atoms with Crippen molar-refractivity contribution in [2.24, 2.45) is 4.40 Å². The van der Waals surface area contributed by atoms with Crippen LogP contribution in [0.25, 0.3) is 11.2 Å². The number of pyridine rings is 1. The Morgan fingerprint density at radius 3 is 2.66 bits per heavy atom. The van der Waals surface area contributed by atoms with E-state index in [1.807, 2.05) is 25.3 Å². The van der Waals surface area contributed by atoms with Crippen molar-refractivity contribution in [1.29, 1.82) is 0 Å². The molecule has 4 unspecified atom stereocenters. The maximum Gasteiger partial charge on any atom is 0.284 e. The summed E-state index contributed by atoms with van der Waals surface area (Å²) in [6.07, 6.45) is 0.208. The predicted molar refractivity (Wildman–Crippen MR) is 114 cm³/mol. The van der Waals surface area contributed by atoms with Crippen LogP contribution in [0.2, 0.25) is 5.02 Å². The van der Waals surface area contributed by atoms with E-state index in [2.05, 4.69) is 9.38 Å². The summed E-state index contributed by atoms with van der Waals surface area (Å²) in [5.41, 5.74) is 2.34. The smallest absolute Gasteiger partial charge is 0.284 e. The van der Waals surface area contributed by atoms with E-state index in [-0.39, 0.29) is 28.7 Å². The Balaban J connectivity index is 1.56. The summed E-state index contributed by atoms with van der Waals surface area (Å²) in [6.45, 7) is 5.95. The Morgan fingerprint density at radius 1 is 1.19 bits per heavy atom. The molecule has 0 radical (unpaired) electrons. The van der Waals surface area contributed by atoms with Gasteiger partial charge in [-0.2, -0.15) is 8.42 Å². The lowest BCUT2D eigenvalue weighted by Gasteiger charge is -2.23. The van der Waals surface area contributed by atoms with Gasteiger partial charge >= 0.3 is 0 Å². The van der Waals surface area contributed by atoms with E-state index in [4.69, 9.17) is 25.8 Å². The molecule has 11 heteroatoms. The Kier molecular flexibility index (Phi) is 4.23. The van der Waals surface area contributed by atoms with E-state index < -0.39 is 22.0 Å². The molecule has 2 saturated heterocycles. The fourth-order valence-corrected chi connectivity index (χ4v) is 5.91. The summed E-state index contributed by atoms with van der Waals surface area (Å²) in [6, 6.07) is 8.09. The maximum atomic E-state index is 13.1. The number of fused-ring (bicyclic) bond motifs is 6. The number of aromatic nitrogens is 3. The van der Waals surface area contributed by atoms with Gasteiger partial charge in [-0.25, -0.2) is 4.98 Å². The molecule has 3 aliphatic rings. The minimum Gasteiger partial charge on any atom is -0.347 e. The molecule has 0 N–H and O–H groups in total. The first-order valence-electron chi connectivity index (χ1n) is 10.3. The maximum absolute atomic E-state index is 13.1. The second kappa shape index (κ2) is 6.64. The number of hydrogen-bond acceptors (Lipinski definition) is 6. The highest BCUT2D eigenvalue weighted by Gasteiger charge is 2.57. The van der Waals surface area contributed by atoms with Crippen LogP contribution in [0.15, 0.2) is 46.0 Å². The number of imidazole rings is 1. The molecule has 4 atom stereocenters. The number of rotatable bonds is 2. The number of hydrogen-bond donors (Lipinski definition) is 0. The Morgan fingerprint density at radius 2 is 1.91 bits per heavy atom. The number of benzene rings is 1. The van der Waals surface area contributed by atoms with Crippen molar-refractivity contribution < 1.29 is 22.6 Å². The average Bonchev–Trinajstić information content (AvgIpc) is 3.33. The number of halogens is 1. The average molecular weight is 477 g/mol. The second-order valence-corrected chi connectivity index (χ2v) is 10.8. The van der Waals surface area contributed by atoms with Gasteiger partial charge in [-0.05, 0) is 32.9 Å². The zero-order valence-corrected chi connectivity index (χ0v) is 19.2. The molecule has 5 heterocycles. The molecule has 32 heavy (non-hydrogen) atoms. The molecular weight excluding hydrogens is 456 g/mol. The lowest BCUT2D eigenvalue weighted by molar-refractivity contribution is -0.196. The molecule has 0 amide bonds. The Bertz CT molecular complexity index is 1430. The summed E-state index contributed by atoms with van der Waals surface area (Å²) in [5.74, 6) is -0.740. The van der Waals surface area contributed by atoms with Gasteiger partial charge in [-0.15, -0.1) is 4.40 Å². The van der Waals surface area contributed by atoms with Crippen molar-refractivity contribution in [3.63, 3.8) is 0 Å². The number of nitrogens with zero attached hydrogens (tertiary/aromatic N) is 4. The van der Waals surface area contributed by atoms with Crippen molar-refractivity contribution in [1.82, 2.24) is 14.1 Å². The lowest BCUT2D eigenvalue weighted by atomic mass is 10.1. The van der Waals surface area contributed by atoms with Crippen LogP contribution in [0, 0.1) is 6.92 Å². The molecule has 3 aromatic rings. The summed E-state index contributed by atoms with van der Waals surface area (Å²) >= 11 is 6.50. The third-order valence-corrected chi connectivity index (χ3v) is 7.66. The standard InChI is InChI=1S/C21H21ClN4O5S/c1-11-4-6-12(7-5-11)32(27,28)24-15-8-13(22)16-19-25(15)9-14-17-18(31-21(2,3)30-17)20(29-14)26(19)10-23-16/h4-8,10,14,17-18,20H,9H2,1-3H3. The molecular formula is C21H21ClN4O5S. The first-order valence-corrected chi connectivity index (χ1v) is 12.1. The second-order valence-electron chi connectivity index (χ2n) is 8.79. The van der Waals surface area contributed by atoms with Gasteiger partial charge in [0.2, 0.25) is 0 Å². The number of ether oxygens (including phenoxy) is 3. The molecule has 168 valence electrons. The zero-order valence-electron chi connectivity index (χ0n) is 17.6. The first-order chi connectivity index (χ1) is 15.1. The van der Waals surface area contributed by atoms with E-state index in [9.17, 15) is 8.42 Å². The van der Waals surface area contributed by atoms with Gasteiger partial charge in [-0.3, -0.25) is 4.57 Å². The fraction of sp³-hybridized carbons (Fsp3) is 0.429. The topological polar surface area (TPSA) is 96.9 Å². The van der Waals surface area contributed by atoms with E-state index in [0.717, 1.165) is 5.56 Å². The van der Waals surface area contributed by atoms with Crippen LogP contribution in [0.5, 0.6) is 0 Å². The lowest BCUT2D eigenvalue weighted by Crippen LogP contribution is -2.37. The third-order valence-electron chi connectivity index (χ3n) is 6.08. The van der Waals surface area contributed by atoms with Crippen LogP contribution < -0.4 is 5.49 Å². The third kappa shape index (κ3) is 2.97. The SMILES string of the molecule is Cc1ccc(S(=O)(=O)N=c2cc(Cl)c3ncn4c3n2CC2OC4C3OC(C)(C)OC23)cc1. The van der Waals surface area contributed by atoms with E-state index >= 15 is 0 Å². The van der Waals surface area contributed by atoms with Crippen molar-refractivity contribution >= 4 is 32.8 Å². The van der Waals surface area contributed by atoms with Gasteiger partial charge in [0.05, 0.1) is 22.8 Å². The summed E-state index contributed by atoms with van der Waals surface area (Å²) in [7, 11) is -3.96. The molecule has 2 bridgehead atoms. The minimum absolute atomic E-state index is 0.112. The summed E-state index contributed by atoms with van der Waals surface area (Å²) in [5, 5.41) is 0.311. The van der Waals surface area contributed by atoms with Crippen LogP contribution in [0.4, 0.5) is 0 Å². The molecule has 6 rings (SSSR count).